The minimum absolute atomic E-state index is 0.781. The zero-order chi connectivity index (χ0) is 13.7. The molecule has 19 heavy (non-hydrogen) atoms. The van der Waals surface area contributed by atoms with Gasteiger partial charge in [-0.1, -0.05) is 31.2 Å². The molecule has 0 fully saturated rings. The lowest BCUT2D eigenvalue weighted by Gasteiger charge is -2.15. The molecule has 0 amide bonds. The summed E-state index contributed by atoms with van der Waals surface area (Å²) >= 11 is 0. The van der Waals surface area contributed by atoms with Crippen molar-refractivity contribution in [3.63, 3.8) is 0 Å². The maximum Gasteiger partial charge on any atom is 0.122 e. The van der Waals surface area contributed by atoms with Gasteiger partial charge in [0, 0.05) is 6.54 Å². The monoisotopic (exact) mass is 257 g/mol. The van der Waals surface area contributed by atoms with E-state index in [4.69, 9.17) is 4.74 Å². The average Bonchev–Trinajstić information content (AvgIpc) is 2.43. The van der Waals surface area contributed by atoms with E-state index in [1.54, 1.807) is 0 Å². The zero-order valence-electron chi connectivity index (χ0n) is 12.1. The first-order valence-corrected chi connectivity index (χ1v) is 7.01. The first kappa shape index (κ1) is 13.9. The summed E-state index contributed by atoms with van der Waals surface area (Å²) in [5.41, 5.74) is 1.21. The molecule has 0 aliphatic heterocycles. The van der Waals surface area contributed by atoms with Gasteiger partial charge in [0.15, 0.2) is 0 Å². The third-order valence-electron chi connectivity index (χ3n) is 3.52. The summed E-state index contributed by atoms with van der Waals surface area (Å²) in [4.78, 5) is 2.30. The number of rotatable bonds is 6. The molecule has 2 aromatic rings. The van der Waals surface area contributed by atoms with Crippen LogP contribution in [0.4, 0.5) is 0 Å². The molecule has 2 nitrogen and oxygen atoms in total. The highest BCUT2D eigenvalue weighted by molar-refractivity contribution is 5.84. The Morgan fingerprint density at radius 1 is 1.11 bits per heavy atom. The number of hydrogen-bond donors (Lipinski definition) is 0. The van der Waals surface area contributed by atoms with E-state index in [0.717, 1.165) is 31.9 Å². The summed E-state index contributed by atoms with van der Waals surface area (Å²) in [6.07, 6.45) is 1.07. The molecule has 2 rings (SSSR count). The number of aryl methyl sites for hydroxylation is 1. The number of nitrogens with zero attached hydrogens (tertiary/aromatic N) is 1. The molecule has 2 aromatic carbocycles. The van der Waals surface area contributed by atoms with Crippen molar-refractivity contribution in [3.05, 3.63) is 42.0 Å². The SMILES string of the molecule is CCN(C)CCCOc1cc2ccccc2cc1C. The molecule has 0 N–H and O–H groups in total. The second-order valence-electron chi connectivity index (χ2n) is 5.06. The molecule has 0 aromatic heterocycles. The molecule has 102 valence electrons. The van der Waals surface area contributed by atoms with Crippen molar-refractivity contribution in [2.45, 2.75) is 20.3 Å². The Kier molecular flexibility index (Phi) is 4.80. The molecule has 2 heteroatoms. The van der Waals surface area contributed by atoms with E-state index in [1.807, 2.05) is 0 Å². The largest absolute Gasteiger partial charge is 0.493 e. The maximum absolute atomic E-state index is 5.91. The van der Waals surface area contributed by atoms with Crippen molar-refractivity contribution in [1.29, 1.82) is 0 Å². The van der Waals surface area contributed by atoms with E-state index in [1.165, 1.54) is 16.3 Å². The van der Waals surface area contributed by atoms with Gasteiger partial charge in [-0.3, -0.25) is 0 Å². The third kappa shape index (κ3) is 3.71. The summed E-state index contributed by atoms with van der Waals surface area (Å²) < 4.78 is 5.91. The fraction of sp³-hybridized carbons (Fsp3) is 0.412. The topological polar surface area (TPSA) is 12.5 Å². The van der Waals surface area contributed by atoms with Gasteiger partial charge in [0.05, 0.1) is 6.61 Å². The van der Waals surface area contributed by atoms with Crippen LogP contribution >= 0.6 is 0 Å². The maximum atomic E-state index is 5.91. The van der Waals surface area contributed by atoms with Crippen molar-refractivity contribution < 1.29 is 4.74 Å². The number of hydrogen-bond acceptors (Lipinski definition) is 2. The molecule has 0 heterocycles. The van der Waals surface area contributed by atoms with Gasteiger partial charge in [0.2, 0.25) is 0 Å². The lowest BCUT2D eigenvalue weighted by molar-refractivity contribution is 0.267. The second-order valence-corrected chi connectivity index (χ2v) is 5.06. The van der Waals surface area contributed by atoms with Crippen LogP contribution in [0.3, 0.4) is 0 Å². The van der Waals surface area contributed by atoms with Gasteiger partial charge in [-0.15, -0.1) is 0 Å². The predicted octanol–water partition coefficient (Wildman–Crippen LogP) is 3.87. The molecule has 0 bridgehead atoms. The fourth-order valence-corrected chi connectivity index (χ4v) is 2.16. The van der Waals surface area contributed by atoms with E-state index in [2.05, 4.69) is 62.2 Å². The molecule has 0 radical (unpaired) electrons. The highest BCUT2D eigenvalue weighted by Crippen LogP contribution is 2.25. The molecule has 0 unspecified atom stereocenters. The number of ether oxygens (including phenoxy) is 1. The molecule has 0 atom stereocenters. The van der Waals surface area contributed by atoms with Gasteiger partial charge < -0.3 is 9.64 Å². The van der Waals surface area contributed by atoms with Crippen LogP contribution in [-0.2, 0) is 0 Å². The highest BCUT2D eigenvalue weighted by Gasteiger charge is 2.02. The Labute approximate surface area is 116 Å². The lowest BCUT2D eigenvalue weighted by Crippen LogP contribution is -2.20. The second kappa shape index (κ2) is 6.58. The Morgan fingerprint density at radius 3 is 2.47 bits per heavy atom. The van der Waals surface area contributed by atoms with Crippen molar-refractivity contribution >= 4 is 10.8 Å². The van der Waals surface area contributed by atoms with Crippen molar-refractivity contribution in [2.24, 2.45) is 0 Å². The average molecular weight is 257 g/mol. The molecular weight excluding hydrogens is 234 g/mol. The lowest BCUT2D eigenvalue weighted by atomic mass is 10.1. The van der Waals surface area contributed by atoms with Crippen molar-refractivity contribution in [1.82, 2.24) is 4.90 Å². The molecule has 0 saturated carbocycles. The number of fused-ring (bicyclic) bond motifs is 1. The molecule has 0 aliphatic carbocycles. The first-order valence-electron chi connectivity index (χ1n) is 7.01. The Bertz CT molecular complexity index is 536. The van der Waals surface area contributed by atoms with E-state index < -0.39 is 0 Å². The smallest absolute Gasteiger partial charge is 0.122 e. The Balaban J connectivity index is 1.98. The van der Waals surface area contributed by atoms with Crippen LogP contribution < -0.4 is 4.74 Å². The van der Waals surface area contributed by atoms with E-state index in [-0.39, 0.29) is 0 Å². The van der Waals surface area contributed by atoms with Crippen LogP contribution in [0, 0.1) is 6.92 Å². The van der Waals surface area contributed by atoms with Crippen LogP contribution in [0.25, 0.3) is 10.8 Å². The minimum Gasteiger partial charge on any atom is -0.493 e. The van der Waals surface area contributed by atoms with Crippen LogP contribution in [0.15, 0.2) is 36.4 Å². The van der Waals surface area contributed by atoms with Gasteiger partial charge >= 0.3 is 0 Å². The summed E-state index contributed by atoms with van der Waals surface area (Å²) in [7, 11) is 2.14. The van der Waals surface area contributed by atoms with Gasteiger partial charge in [-0.2, -0.15) is 0 Å². The van der Waals surface area contributed by atoms with Crippen LogP contribution in [-0.4, -0.2) is 31.6 Å². The highest BCUT2D eigenvalue weighted by atomic mass is 16.5. The Hall–Kier alpha value is -1.54. The standard InChI is InChI=1S/C17H23NO/c1-4-18(3)10-7-11-19-17-13-16-9-6-5-8-15(16)12-14(17)2/h5-6,8-9,12-13H,4,7,10-11H2,1-3H3. The molecule has 0 spiro atoms. The quantitative estimate of drug-likeness (QED) is 0.728. The van der Waals surface area contributed by atoms with E-state index in [0.29, 0.717) is 0 Å². The van der Waals surface area contributed by atoms with Crippen molar-refractivity contribution in [3.8, 4) is 5.75 Å². The predicted molar refractivity (Wildman–Crippen MR) is 82.0 cm³/mol. The van der Waals surface area contributed by atoms with Crippen LogP contribution in [0.5, 0.6) is 5.75 Å². The van der Waals surface area contributed by atoms with Gasteiger partial charge in [0.1, 0.15) is 5.75 Å². The number of benzene rings is 2. The summed E-state index contributed by atoms with van der Waals surface area (Å²) in [6, 6.07) is 12.8. The van der Waals surface area contributed by atoms with Gasteiger partial charge in [-0.25, -0.2) is 0 Å². The van der Waals surface area contributed by atoms with Crippen molar-refractivity contribution in [2.75, 3.05) is 26.7 Å². The first-order chi connectivity index (χ1) is 9.20. The molecule has 0 saturated heterocycles. The van der Waals surface area contributed by atoms with E-state index >= 15 is 0 Å². The summed E-state index contributed by atoms with van der Waals surface area (Å²) in [6.45, 7) is 7.25. The zero-order valence-corrected chi connectivity index (χ0v) is 12.1. The third-order valence-corrected chi connectivity index (χ3v) is 3.52. The summed E-state index contributed by atoms with van der Waals surface area (Å²) in [5, 5.41) is 2.52. The Morgan fingerprint density at radius 2 is 1.79 bits per heavy atom. The molecular formula is C17H23NO. The fourth-order valence-electron chi connectivity index (χ4n) is 2.16. The minimum atomic E-state index is 0.781. The van der Waals surface area contributed by atoms with Gasteiger partial charge in [0.25, 0.3) is 0 Å². The van der Waals surface area contributed by atoms with E-state index in [9.17, 15) is 0 Å². The summed E-state index contributed by atoms with van der Waals surface area (Å²) in [5.74, 6) is 1.01. The van der Waals surface area contributed by atoms with Gasteiger partial charge in [-0.05, 0) is 55.4 Å². The van der Waals surface area contributed by atoms with Crippen LogP contribution in [0.2, 0.25) is 0 Å². The van der Waals surface area contributed by atoms with Crippen LogP contribution in [0.1, 0.15) is 18.9 Å². The normalized spacial score (nSPS) is 11.2. The molecule has 0 aliphatic rings.